The summed E-state index contributed by atoms with van der Waals surface area (Å²) in [5, 5.41) is 5.29. The maximum atomic E-state index is 11.7. The average molecular weight is 295 g/mol. The van der Waals surface area contributed by atoms with Crippen LogP contribution in [0.25, 0.3) is 0 Å². The van der Waals surface area contributed by atoms with Crippen LogP contribution in [0.1, 0.15) is 6.92 Å². The van der Waals surface area contributed by atoms with E-state index in [-0.39, 0.29) is 25.0 Å². The molecule has 0 aliphatic carbocycles. The van der Waals surface area contributed by atoms with Crippen LogP contribution in [0.15, 0.2) is 24.3 Å². The van der Waals surface area contributed by atoms with Crippen LogP contribution < -0.4 is 21.1 Å². The van der Waals surface area contributed by atoms with Crippen molar-refractivity contribution in [3.05, 3.63) is 24.3 Å². The SMILES string of the molecule is CCNC(=O)COc1ccc(NC(=O)C(N)COC)cc1. The van der Waals surface area contributed by atoms with Crippen LogP contribution in [-0.4, -0.2) is 44.7 Å². The third-order valence-electron chi connectivity index (χ3n) is 2.55. The molecule has 1 rings (SSSR count). The van der Waals surface area contributed by atoms with Crippen molar-refractivity contribution in [2.45, 2.75) is 13.0 Å². The van der Waals surface area contributed by atoms with Crippen LogP contribution >= 0.6 is 0 Å². The fourth-order valence-electron chi connectivity index (χ4n) is 1.52. The van der Waals surface area contributed by atoms with E-state index in [2.05, 4.69) is 10.6 Å². The Morgan fingerprint density at radius 3 is 2.52 bits per heavy atom. The second-order valence-electron chi connectivity index (χ2n) is 4.32. The Morgan fingerprint density at radius 1 is 1.29 bits per heavy atom. The number of methoxy groups -OCH3 is 1. The zero-order valence-electron chi connectivity index (χ0n) is 12.2. The molecule has 0 heterocycles. The number of nitrogens with two attached hydrogens (primary N) is 1. The first-order chi connectivity index (χ1) is 10.1. The lowest BCUT2D eigenvalue weighted by atomic mass is 10.2. The Morgan fingerprint density at radius 2 is 1.95 bits per heavy atom. The minimum Gasteiger partial charge on any atom is -0.484 e. The van der Waals surface area contributed by atoms with Crippen molar-refractivity contribution in [2.24, 2.45) is 5.73 Å². The first-order valence-corrected chi connectivity index (χ1v) is 6.61. The second-order valence-corrected chi connectivity index (χ2v) is 4.32. The summed E-state index contributed by atoms with van der Waals surface area (Å²) in [5.41, 5.74) is 6.20. The molecule has 21 heavy (non-hydrogen) atoms. The number of nitrogens with one attached hydrogen (secondary N) is 2. The van der Waals surface area contributed by atoms with Crippen LogP contribution in [0.2, 0.25) is 0 Å². The maximum Gasteiger partial charge on any atom is 0.257 e. The molecule has 0 aliphatic rings. The largest absolute Gasteiger partial charge is 0.484 e. The van der Waals surface area contributed by atoms with Gasteiger partial charge in [-0.25, -0.2) is 0 Å². The molecule has 0 bridgehead atoms. The zero-order chi connectivity index (χ0) is 15.7. The molecule has 7 heteroatoms. The van der Waals surface area contributed by atoms with Gasteiger partial charge in [-0.05, 0) is 31.2 Å². The first-order valence-electron chi connectivity index (χ1n) is 6.61. The van der Waals surface area contributed by atoms with Crippen molar-refractivity contribution in [2.75, 3.05) is 32.2 Å². The molecule has 0 radical (unpaired) electrons. The fraction of sp³-hybridized carbons (Fsp3) is 0.429. The third kappa shape index (κ3) is 6.24. The predicted octanol–water partition coefficient (Wildman–Crippen LogP) is 0.114. The summed E-state index contributed by atoms with van der Waals surface area (Å²) in [5.74, 6) is 0.0358. The van der Waals surface area contributed by atoms with Gasteiger partial charge in [-0.1, -0.05) is 0 Å². The average Bonchev–Trinajstić information content (AvgIpc) is 2.47. The highest BCUT2D eigenvalue weighted by atomic mass is 16.5. The number of hydrogen-bond acceptors (Lipinski definition) is 5. The summed E-state index contributed by atoms with van der Waals surface area (Å²) < 4.78 is 10.1. The summed E-state index contributed by atoms with van der Waals surface area (Å²) in [6, 6.07) is 5.95. The number of benzene rings is 1. The van der Waals surface area contributed by atoms with Gasteiger partial charge in [0, 0.05) is 19.3 Å². The van der Waals surface area contributed by atoms with Gasteiger partial charge in [0.25, 0.3) is 5.91 Å². The lowest BCUT2D eigenvalue weighted by Gasteiger charge is -2.12. The number of likely N-dealkylation sites (N-methyl/N-ethyl adjacent to an activating group) is 1. The van der Waals surface area contributed by atoms with Crippen LogP contribution in [0.3, 0.4) is 0 Å². The number of anilines is 1. The highest BCUT2D eigenvalue weighted by Crippen LogP contribution is 2.15. The highest BCUT2D eigenvalue weighted by Gasteiger charge is 2.12. The minimum absolute atomic E-state index is 0.0434. The molecule has 1 unspecified atom stereocenters. The van der Waals surface area contributed by atoms with Gasteiger partial charge in [0.15, 0.2) is 6.61 Å². The molecule has 1 atom stereocenters. The molecule has 0 saturated heterocycles. The number of amides is 2. The fourth-order valence-corrected chi connectivity index (χ4v) is 1.52. The molecular weight excluding hydrogens is 274 g/mol. The van der Waals surface area contributed by atoms with E-state index in [0.29, 0.717) is 18.0 Å². The molecule has 0 aromatic heterocycles. The molecule has 1 aromatic carbocycles. The van der Waals surface area contributed by atoms with E-state index in [4.69, 9.17) is 15.2 Å². The molecule has 1 aromatic rings. The van der Waals surface area contributed by atoms with Gasteiger partial charge in [-0.3, -0.25) is 9.59 Å². The molecule has 0 fully saturated rings. The summed E-state index contributed by atoms with van der Waals surface area (Å²) in [6.45, 7) is 2.51. The summed E-state index contributed by atoms with van der Waals surface area (Å²) in [4.78, 5) is 22.9. The molecule has 2 amide bonds. The van der Waals surface area contributed by atoms with E-state index < -0.39 is 6.04 Å². The van der Waals surface area contributed by atoms with Crippen molar-refractivity contribution in [1.29, 1.82) is 0 Å². The Hall–Kier alpha value is -2.12. The van der Waals surface area contributed by atoms with Crippen molar-refractivity contribution in [1.82, 2.24) is 5.32 Å². The summed E-state index contributed by atoms with van der Waals surface area (Å²) in [6.07, 6.45) is 0. The van der Waals surface area contributed by atoms with Gasteiger partial charge >= 0.3 is 0 Å². The standard InChI is InChI=1S/C14H21N3O4/c1-3-16-13(18)9-21-11-6-4-10(5-7-11)17-14(19)12(15)8-20-2/h4-7,12H,3,8-9,15H2,1-2H3,(H,16,18)(H,17,19). The van der Waals surface area contributed by atoms with E-state index in [1.807, 2.05) is 6.92 Å². The van der Waals surface area contributed by atoms with Crippen molar-refractivity contribution < 1.29 is 19.1 Å². The van der Waals surface area contributed by atoms with Crippen LogP contribution in [0, 0.1) is 0 Å². The van der Waals surface area contributed by atoms with E-state index in [0.717, 1.165) is 0 Å². The molecule has 4 N–H and O–H groups in total. The number of carbonyl (C=O) groups is 2. The lowest BCUT2D eigenvalue weighted by molar-refractivity contribution is -0.123. The van der Waals surface area contributed by atoms with Crippen molar-refractivity contribution in [3.63, 3.8) is 0 Å². The molecule has 0 saturated carbocycles. The third-order valence-corrected chi connectivity index (χ3v) is 2.55. The predicted molar refractivity (Wildman–Crippen MR) is 79.1 cm³/mol. The van der Waals surface area contributed by atoms with E-state index in [1.54, 1.807) is 24.3 Å². The highest BCUT2D eigenvalue weighted by molar-refractivity contribution is 5.94. The molecule has 7 nitrogen and oxygen atoms in total. The monoisotopic (exact) mass is 295 g/mol. The molecule has 116 valence electrons. The van der Waals surface area contributed by atoms with Gasteiger partial charge in [-0.15, -0.1) is 0 Å². The normalized spacial score (nSPS) is 11.6. The van der Waals surface area contributed by atoms with Gasteiger partial charge < -0.3 is 25.8 Å². The number of hydrogen-bond donors (Lipinski definition) is 3. The maximum absolute atomic E-state index is 11.7. The Bertz CT molecular complexity index is 462. The number of carbonyl (C=O) groups excluding carboxylic acids is 2. The zero-order valence-corrected chi connectivity index (χ0v) is 12.2. The summed E-state index contributed by atoms with van der Waals surface area (Å²) in [7, 11) is 1.48. The van der Waals surface area contributed by atoms with E-state index in [9.17, 15) is 9.59 Å². The minimum atomic E-state index is -0.719. The van der Waals surface area contributed by atoms with Crippen molar-refractivity contribution >= 4 is 17.5 Å². The lowest BCUT2D eigenvalue weighted by Crippen LogP contribution is -2.39. The van der Waals surface area contributed by atoms with E-state index >= 15 is 0 Å². The first kappa shape index (κ1) is 16.9. The summed E-state index contributed by atoms with van der Waals surface area (Å²) >= 11 is 0. The van der Waals surface area contributed by atoms with Crippen LogP contribution in [0.5, 0.6) is 5.75 Å². The van der Waals surface area contributed by atoms with E-state index in [1.165, 1.54) is 7.11 Å². The smallest absolute Gasteiger partial charge is 0.257 e. The van der Waals surface area contributed by atoms with Gasteiger partial charge in [0.1, 0.15) is 11.8 Å². The topological polar surface area (TPSA) is 103 Å². The van der Waals surface area contributed by atoms with Crippen molar-refractivity contribution in [3.8, 4) is 5.75 Å². The van der Waals surface area contributed by atoms with Gasteiger partial charge in [0.05, 0.1) is 6.61 Å². The molecule has 0 spiro atoms. The van der Waals surface area contributed by atoms with Gasteiger partial charge in [0.2, 0.25) is 5.91 Å². The Kier molecular flexibility index (Phi) is 7.20. The number of ether oxygens (including phenoxy) is 2. The second kappa shape index (κ2) is 8.93. The van der Waals surface area contributed by atoms with Crippen LogP contribution in [-0.2, 0) is 14.3 Å². The Labute approximate surface area is 123 Å². The molecular formula is C14H21N3O4. The van der Waals surface area contributed by atoms with Gasteiger partial charge in [-0.2, -0.15) is 0 Å². The number of rotatable bonds is 8. The molecule has 0 aliphatic heterocycles. The van der Waals surface area contributed by atoms with Crippen LogP contribution in [0.4, 0.5) is 5.69 Å². The quantitative estimate of drug-likeness (QED) is 0.632. The Balaban J connectivity index is 2.46.